The standard InChI is InChI=1S/C64H46.C38H30/c1-7-23-49(24-8-1)63(50-25-9-2-10-26-50,51-27-11-3-12-28-51)55-43-39-47(40-44-55)61-57-35-19-21-37-59(57)62(60-38-22-20-36-58(60)61)48-41-45-56(46-42-48)64(52-29-13-4-14-30-52,53-31-15-5-16-32-53)54-33-17-6-18-34-54;1-38(2,3)27-22-20-25(21-23-27)36-31-16-8-10-18-33(31)37(34-19-11-9-17-32(34)36)35-24-26-12-4-5-13-28(26)29-14-6-7-15-30(29)35/h1-46H;4-24H,1-3H3. The quantitative estimate of drug-likeness (QED) is 0.0650. The van der Waals surface area contributed by atoms with E-state index in [1.54, 1.807) is 0 Å². The van der Waals surface area contributed by atoms with Gasteiger partial charge < -0.3 is 0 Å². The summed E-state index contributed by atoms with van der Waals surface area (Å²) in [6.45, 7) is 6.82. The molecule has 0 atom stereocenters. The van der Waals surface area contributed by atoms with Crippen LogP contribution in [0, 0.1) is 0 Å². The molecule has 0 saturated heterocycles. The second-order valence-electron chi connectivity index (χ2n) is 28.1. The van der Waals surface area contributed by atoms with Gasteiger partial charge in [0.25, 0.3) is 0 Å². The topological polar surface area (TPSA) is 0 Å². The predicted molar refractivity (Wildman–Crippen MR) is 435 cm³/mol. The zero-order chi connectivity index (χ0) is 68.6. The van der Waals surface area contributed by atoms with Gasteiger partial charge in [-0.05, 0) is 171 Å². The summed E-state index contributed by atoms with van der Waals surface area (Å²) in [5.41, 5.74) is 20.4. The van der Waals surface area contributed by atoms with E-state index >= 15 is 0 Å². The first-order chi connectivity index (χ1) is 50.3. The molecule has 484 valence electrons. The second kappa shape index (κ2) is 26.6. The highest BCUT2D eigenvalue weighted by atomic mass is 14.4. The molecule has 0 heterocycles. The molecule has 0 N–H and O–H groups in total. The highest BCUT2D eigenvalue weighted by Crippen LogP contribution is 2.51. The molecular formula is C102H76. The summed E-state index contributed by atoms with van der Waals surface area (Å²) in [7, 11) is 0. The third-order valence-corrected chi connectivity index (χ3v) is 21.4. The Morgan fingerprint density at radius 3 is 0.637 bits per heavy atom. The van der Waals surface area contributed by atoms with Crippen LogP contribution in [0.5, 0.6) is 0 Å². The van der Waals surface area contributed by atoms with Crippen LogP contribution in [-0.2, 0) is 16.2 Å². The van der Waals surface area contributed by atoms with Gasteiger partial charge >= 0.3 is 0 Å². The lowest BCUT2D eigenvalue weighted by Crippen LogP contribution is -2.30. The lowest BCUT2D eigenvalue weighted by atomic mass is 9.65. The zero-order valence-electron chi connectivity index (χ0n) is 57.7. The summed E-state index contributed by atoms with van der Waals surface area (Å²) < 4.78 is 0. The first kappa shape index (κ1) is 63.0. The Bertz CT molecular complexity index is 5480. The number of fused-ring (bicyclic) bond motifs is 7. The van der Waals surface area contributed by atoms with Crippen molar-refractivity contribution in [3.05, 3.63) is 457 Å². The highest BCUT2D eigenvalue weighted by molar-refractivity contribution is 6.26. The molecule has 0 spiro atoms. The maximum Gasteiger partial charge on any atom is 0.0701 e. The van der Waals surface area contributed by atoms with Crippen molar-refractivity contribution in [1.29, 1.82) is 0 Å². The Kier molecular flexibility index (Phi) is 16.5. The smallest absolute Gasteiger partial charge is 0.0622 e. The molecule has 0 amide bonds. The van der Waals surface area contributed by atoms with Gasteiger partial charge in [0, 0.05) is 0 Å². The molecule has 0 bridgehead atoms. The average Bonchev–Trinajstić information content (AvgIpc) is 0.728. The number of hydrogen-bond donors (Lipinski definition) is 0. The summed E-state index contributed by atoms with van der Waals surface area (Å²) in [6.07, 6.45) is 0. The highest BCUT2D eigenvalue weighted by Gasteiger charge is 2.40. The van der Waals surface area contributed by atoms with Gasteiger partial charge in [-0.25, -0.2) is 0 Å². The maximum absolute atomic E-state index is 2.39. The monoisotopic (exact) mass is 1300 g/mol. The maximum atomic E-state index is 2.39. The minimum absolute atomic E-state index is 0.129. The summed E-state index contributed by atoms with van der Waals surface area (Å²) in [5, 5.41) is 15.3. The fourth-order valence-corrected chi connectivity index (χ4v) is 16.8. The fourth-order valence-electron chi connectivity index (χ4n) is 16.8. The van der Waals surface area contributed by atoms with Gasteiger partial charge in [0.1, 0.15) is 0 Å². The van der Waals surface area contributed by atoms with E-state index in [1.165, 1.54) is 159 Å². The van der Waals surface area contributed by atoms with Gasteiger partial charge in [-0.2, -0.15) is 0 Å². The first-order valence-corrected chi connectivity index (χ1v) is 35.7. The minimum Gasteiger partial charge on any atom is -0.0622 e. The fraction of sp³-hybridized carbons (Fsp3) is 0.0588. The van der Waals surface area contributed by atoms with Crippen molar-refractivity contribution in [2.75, 3.05) is 0 Å². The van der Waals surface area contributed by atoms with Crippen molar-refractivity contribution in [2.45, 2.75) is 37.0 Å². The van der Waals surface area contributed by atoms with Crippen LogP contribution in [0.2, 0.25) is 0 Å². The van der Waals surface area contributed by atoms with Crippen molar-refractivity contribution >= 4 is 64.6 Å². The third-order valence-electron chi connectivity index (χ3n) is 21.4. The number of hydrogen-bond acceptors (Lipinski definition) is 0. The Hall–Kier alpha value is -12.5. The lowest BCUT2D eigenvalue weighted by molar-refractivity contribution is 0.590. The molecule has 0 unspecified atom stereocenters. The molecule has 18 aromatic rings. The van der Waals surface area contributed by atoms with Crippen molar-refractivity contribution in [3.8, 4) is 44.5 Å². The van der Waals surface area contributed by atoms with Crippen molar-refractivity contribution in [1.82, 2.24) is 0 Å². The van der Waals surface area contributed by atoms with Crippen LogP contribution in [0.1, 0.15) is 70.8 Å². The van der Waals surface area contributed by atoms with Crippen molar-refractivity contribution < 1.29 is 0 Å². The molecular weight excluding hydrogens is 1230 g/mol. The summed E-state index contributed by atoms with van der Waals surface area (Å²) in [6, 6.07) is 150. The summed E-state index contributed by atoms with van der Waals surface area (Å²) in [4.78, 5) is 0. The van der Waals surface area contributed by atoms with Gasteiger partial charge in [0.05, 0.1) is 10.8 Å². The molecule has 0 aliphatic carbocycles. The van der Waals surface area contributed by atoms with Crippen LogP contribution in [0.15, 0.2) is 406 Å². The number of benzene rings is 18. The van der Waals surface area contributed by atoms with Crippen molar-refractivity contribution in [2.24, 2.45) is 0 Å². The van der Waals surface area contributed by atoms with Crippen molar-refractivity contribution in [3.63, 3.8) is 0 Å². The van der Waals surface area contributed by atoms with E-state index in [-0.39, 0.29) is 5.41 Å². The first-order valence-electron chi connectivity index (χ1n) is 35.7. The van der Waals surface area contributed by atoms with E-state index in [0.29, 0.717) is 0 Å². The molecule has 102 heavy (non-hydrogen) atoms. The third kappa shape index (κ3) is 10.9. The molecule has 0 heteroatoms. The van der Waals surface area contributed by atoms with E-state index in [4.69, 9.17) is 0 Å². The van der Waals surface area contributed by atoms with E-state index in [1.807, 2.05) is 0 Å². The van der Waals surface area contributed by atoms with Crippen LogP contribution in [-0.4, -0.2) is 0 Å². The van der Waals surface area contributed by atoms with E-state index in [2.05, 4.69) is 427 Å². The predicted octanol–water partition coefficient (Wildman–Crippen LogP) is 27.0. The molecule has 0 saturated carbocycles. The van der Waals surface area contributed by atoms with E-state index in [0.717, 1.165) is 0 Å². The van der Waals surface area contributed by atoms with Gasteiger partial charge in [0.2, 0.25) is 0 Å². The lowest BCUT2D eigenvalue weighted by Gasteiger charge is -2.37. The Labute approximate surface area is 598 Å². The van der Waals surface area contributed by atoms with Gasteiger partial charge in [0.15, 0.2) is 0 Å². The number of rotatable bonds is 12. The van der Waals surface area contributed by atoms with Crippen LogP contribution < -0.4 is 0 Å². The molecule has 0 nitrogen and oxygen atoms in total. The van der Waals surface area contributed by atoms with Crippen LogP contribution in [0.25, 0.3) is 109 Å². The second-order valence-corrected chi connectivity index (χ2v) is 28.1. The molecule has 0 fully saturated rings. The molecule has 18 rings (SSSR count). The van der Waals surface area contributed by atoms with Crippen LogP contribution in [0.4, 0.5) is 0 Å². The Morgan fingerprint density at radius 1 is 0.157 bits per heavy atom. The zero-order valence-corrected chi connectivity index (χ0v) is 57.7. The summed E-state index contributed by atoms with van der Waals surface area (Å²) in [5.74, 6) is 0. The van der Waals surface area contributed by atoms with Gasteiger partial charge in [-0.1, -0.05) is 421 Å². The Morgan fingerprint density at radius 2 is 0.363 bits per heavy atom. The molecule has 0 aliphatic rings. The Balaban J connectivity index is 0.000000173. The van der Waals surface area contributed by atoms with Gasteiger partial charge in [-0.3, -0.25) is 0 Å². The largest absolute Gasteiger partial charge is 0.0701 e. The molecule has 0 aliphatic heterocycles. The van der Waals surface area contributed by atoms with Crippen LogP contribution >= 0.6 is 0 Å². The summed E-state index contributed by atoms with van der Waals surface area (Å²) >= 11 is 0. The SMILES string of the molecule is CC(C)(C)c1ccc(-c2c3ccccc3c(-c3cc4ccccc4c4ccccc34)c3ccccc23)cc1.c1ccc(C(c2ccccc2)(c2ccccc2)c2ccc(-c3c4ccccc4c(-c4ccc(C(c5ccccc5)(c5ccccc5)c5ccccc5)cc4)c4ccccc34)cc2)cc1. The molecule has 0 radical (unpaired) electrons. The molecule has 18 aromatic carbocycles. The van der Waals surface area contributed by atoms with E-state index < -0.39 is 10.8 Å². The normalized spacial score (nSPS) is 11.9. The molecule has 0 aromatic heterocycles. The van der Waals surface area contributed by atoms with Gasteiger partial charge in [-0.15, -0.1) is 0 Å². The average molecular weight is 1300 g/mol. The van der Waals surface area contributed by atoms with E-state index in [9.17, 15) is 0 Å². The van der Waals surface area contributed by atoms with Crippen LogP contribution in [0.3, 0.4) is 0 Å². The minimum atomic E-state index is -0.512.